The van der Waals surface area contributed by atoms with E-state index >= 15 is 0 Å². The van der Waals surface area contributed by atoms with Crippen molar-refractivity contribution in [2.24, 2.45) is 5.41 Å². The number of aromatic nitrogens is 1. The topological polar surface area (TPSA) is 70.2 Å². The van der Waals surface area contributed by atoms with E-state index in [2.05, 4.69) is 4.98 Å². The van der Waals surface area contributed by atoms with E-state index in [4.69, 9.17) is 11.6 Å². The summed E-state index contributed by atoms with van der Waals surface area (Å²) in [6.07, 6.45) is 0.396. The molecule has 0 atom stereocenters. The number of benzene rings is 2. The molecule has 140 valence electrons. The first-order chi connectivity index (χ1) is 12.6. The molecule has 0 aliphatic rings. The van der Waals surface area contributed by atoms with Crippen LogP contribution in [0.25, 0.3) is 10.9 Å². The van der Waals surface area contributed by atoms with Gasteiger partial charge in [0.2, 0.25) is 0 Å². The van der Waals surface area contributed by atoms with Gasteiger partial charge in [-0.1, -0.05) is 56.6 Å². The number of aryl methyl sites for hydroxylation is 1. The van der Waals surface area contributed by atoms with Crippen molar-refractivity contribution in [3.63, 3.8) is 0 Å². The second-order valence-corrected chi connectivity index (χ2v) is 8.23. The van der Waals surface area contributed by atoms with Crippen LogP contribution in [-0.2, 0) is 6.42 Å². The van der Waals surface area contributed by atoms with Gasteiger partial charge in [0, 0.05) is 28.3 Å². The maximum atomic E-state index is 12.6. The summed E-state index contributed by atoms with van der Waals surface area (Å²) in [5.74, 6) is 0.156. The molecule has 1 heterocycles. The maximum Gasteiger partial charge on any atom is 0.252 e. The number of phenols is 1. The molecule has 27 heavy (non-hydrogen) atoms. The van der Waals surface area contributed by atoms with E-state index in [9.17, 15) is 14.7 Å². The highest BCUT2D eigenvalue weighted by Crippen LogP contribution is 2.32. The summed E-state index contributed by atoms with van der Waals surface area (Å²) >= 11 is 6.16. The summed E-state index contributed by atoms with van der Waals surface area (Å²) < 4.78 is 0. The average molecular weight is 384 g/mol. The molecule has 0 fully saturated rings. The molecule has 0 radical (unpaired) electrons. The van der Waals surface area contributed by atoms with Crippen molar-refractivity contribution >= 4 is 28.3 Å². The smallest absolute Gasteiger partial charge is 0.252 e. The fourth-order valence-electron chi connectivity index (χ4n) is 3.20. The molecule has 4 nitrogen and oxygen atoms in total. The molecule has 3 aromatic rings. The summed E-state index contributed by atoms with van der Waals surface area (Å²) in [4.78, 5) is 27.7. The SMILES string of the molecule is Cc1c(Cc2ccc(C(=O)C(C)(C)C)cc2)c(=O)[nH]c2c(Cl)ccc(O)c12. The van der Waals surface area contributed by atoms with Crippen LogP contribution in [0.2, 0.25) is 5.02 Å². The number of nitrogens with one attached hydrogen (secondary N) is 1. The number of hydrogen-bond donors (Lipinski definition) is 2. The minimum absolute atomic E-state index is 0.0772. The third-order valence-electron chi connectivity index (χ3n) is 4.75. The Bertz CT molecular complexity index is 1090. The number of ketones is 1. The highest BCUT2D eigenvalue weighted by molar-refractivity contribution is 6.35. The van der Waals surface area contributed by atoms with E-state index in [1.165, 1.54) is 6.07 Å². The number of H-pyrrole nitrogens is 1. The lowest BCUT2D eigenvalue weighted by atomic mass is 9.86. The standard InChI is InChI=1S/C22H22ClNO3/c1-12-15(21(27)24-19-16(23)9-10-17(25)18(12)19)11-13-5-7-14(8-6-13)20(26)22(2,3)4/h5-10,25H,11H2,1-4H3,(H,24,27). The van der Waals surface area contributed by atoms with Crippen LogP contribution in [0.5, 0.6) is 5.75 Å². The summed E-state index contributed by atoms with van der Waals surface area (Å²) in [6, 6.07) is 10.4. The molecule has 0 aliphatic carbocycles. The lowest BCUT2D eigenvalue weighted by Crippen LogP contribution is -2.20. The van der Waals surface area contributed by atoms with Crippen molar-refractivity contribution in [3.05, 3.63) is 74.0 Å². The summed E-state index contributed by atoms with van der Waals surface area (Å²) in [5, 5.41) is 11.2. The number of phenolic OH excluding ortho intramolecular Hbond substituents is 1. The van der Waals surface area contributed by atoms with Crippen LogP contribution in [-0.4, -0.2) is 15.9 Å². The van der Waals surface area contributed by atoms with Crippen molar-refractivity contribution in [2.45, 2.75) is 34.1 Å². The highest BCUT2D eigenvalue weighted by Gasteiger charge is 2.22. The molecule has 1 aromatic heterocycles. The number of rotatable bonds is 3. The third-order valence-corrected chi connectivity index (χ3v) is 5.07. The number of hydrogen-bond acceptors (Lipinski definition) is 3. The largest absolute Gasteiger partial charge is 0.507 e. The van der Waals surface area contributed by atoms with E-state index in [1.807, 2.05) is 32.9 Å². The minimum atomic E-state index is -0.440. The van der Waals surface area contributed by atoms with Gasteiger partial charge in [0.1, 0.15) is 5.75 Å². The third kappa shape index (κ3) is 3.62. The van der Waals surface area contributed by atoms with E-state index in [0.717, 1.165) is 5.56 Å². The number of Topliss-reactive ketones (excluding diaryl/α,β-unsaturated/α-hetero) is 1. The normalized spacial score (nSPS) is 11.7. The molecule has 5 heteroatoms. The number of aromatic hydroxyl groups is 1. The van der Waals surface area contributed by atoms with Crippen LogP contribution >= 0.6 is 11.6 Å². The second-order valence-electron chi connectivity index (χ2n) is 7.83. The Balaban J connectivity index is 2.01. The van der Waals surface area contributed by atoms with Crippen LogP contribution in [0.3, 0.4) is 0 Å². The van der Waals surface area contributed by atoms with Crippen LogP contribution in [0, 0.1) is 12.3 Å². The van der Waals surface area contributed by atoms with Gasteiger partial charge in [-0.3, -0.25) is 9.59 Å². The molecule has 3 rings (SSSR count). The monoisotopic (exact) mass is 383 g/mol. The summed E-state index contributed by atoms with van der Waals surface area (Å²) in [7, 11) is 0. The number of pyridine rings is 1. The van der Waals surface area contributed by atoms with Gasteiger partial charge in [-0.05, 0) is 30.2 Å². The Morgan fingerprint density at radius 2 is 1.74 bits per heavy atom. The molecule has 0 amide bonds. The molecular formula is C22H22ClNO3. The lowest BCUT2D eigenvalue weighted by Gasteiger charge is -2.16. The average Bonchev–Trinajstić information content (AvgIpc) is 2.60. The molecule has 0 unspecified atom stereocenters. The van der Waals surface area contributed by atoms with Crippen molar-refractivity contribution in [2.75, 3.05) is 0 Å². The Morgan fingerprint density at radius 3 is 2.33 bits per heavy atom. The molecule has 0 aliphatic heterocycles. The first kappa shape index (κ1) is 19.2. The van der Waals surface area contributed by atoms with Crippen molar-refractivity contribution in [3.8, 4) is 5.75 Å². The van der Waals surface area contributed by atoms with Crippen molar-refractivity contribution in [1.82, 2.24) is 4.98 Å². The van der Waals surface area contributed by atoms with Crippen LogP contribution in [0.1, 0.15) is 47.8 Å². The molecule has 0 saturated heterocycles. The quantitative estimate of drug-likeness (QED) is 0.624. The predicted molar refractivity (Wildman–Crippen MR) is 109 cm³/mol. The van der Waals surface area contributed by atoms with Gasteiger partial charge in [-0.15, -0.1) is 0 Å². The molecular weight excluding hydrogens is 362 g/mol. The van der Waals surface area contributed by atoms with Crippen LogP contribution < -0.4 is 5.56 Å². The molecule has 0 spiro atoms. The van der Waals surface area contributed by atoms with E-state index < -0.39 is 5.41 Å². The fourth-order valence-corrected chi connectivity index (χ4v) is 3.41. The Morgan fingerprint density at radius 1 is 1.11 bits per heavy atom. The first-order valence-electron chi connectivity index (χ1n) is 8.76. The number of carbonyl (C=O) groups is 1. The van der Waals surface area contributed by atoms with E-state index in [-0.39, 0.29) is 17.1 Å². The zero-order valence-corrected chi connectivity index (χ0v) is 16.6. The maximum absolute atomic E-state index is 12.6. The summed E-state index contributed by atoms with van der Waals surface area (Å²) in [6.45, 7) is 7.47. The zero-order valence-electron chi connectivity index (χ0n) is 15.8. The van der Waals surface area contributed by atoms with Gasteiger partial charge in [0.15, 0.2) is 5.78 Å². The van der Waals surface area contributed by atoms with Gasteiger partial charge in [0.05, 0.1) is 10.5 Å². The Hall–Kier alpha value is -2.59. The van der Waals surface area contributed by atoms with Crippen LogP contribution in [0.4, 0.5) is 0 Å². The molecule has 2 aromatic carbocycles. The van der Waals surface area contributed by atoms with E-state index in [1.54, 1.807) is 25.1 Å². The number of halogens is 1. The highest BCUT2D eigenvalue weighted by atomic mass is 35.5. The second kappa shape index (κ2) is 6.86. The van der Waals surface area contributed by atoms with E-state index in [0.29, 0.717) is 39.0 Å². The van der Waals surface area contributed by atoms with Crippen LogP contribution in [0.15, 0.2) is 41.2 Å². The fraction of sp³-hybridized carbons (Fsp3) is 0.273. The number of fused-ring (bicyclic) bond motifs is 1. The predicted octanol–water partition coefficient (Wildman–Crippen LogP) is 5.02. The molecule has 2 N–H and O–H groups in total. The van der Waals surface area contributed by atoms with Gasteiger partial charge in [-0.25, -0.2) is 0 Å². The zero-order chi connectivity index (χ0) is 19.9. The van der Waals surface area contributed by atoms with Gasteiger partial charge in [-0.2, -0.15) is 0 Å². The van der Waals surface area contributed by atoms with Gasteiger partial charge >= 0.3 is 0 Å². The number of aromatic amines is 1. The first-order valence-corrected chi connectivity index (χ1v) is 9.14. The Labute approximate surface area is 162 Å². The van der Waals surface area contributed by atoms with Crippen molar-refractivity contribution in [1.29, 1.82) is 0 Å². The van der Waals surface area contributed by atoms with Gasteiger partial charge < -0.3 is 10.1 Å². The minimum Gasteiger partial charge on any atom is -0.507 e. The lowest BCUT2D eigenvalue weighted by molar-refractivity contribution is 0.0858. The molecule has 0 saturated carbocycles. The summed E-state index contributed by atoms with van der Waals surface area (Å²) in [5.41, 5.74) is 2.59. The van der Waals surface area contributed by atoms with Crippen molar-refractivity contribution < 1.29 is 9.90 Å². The molecule has 0 bridgehead atoms. The van der Waals surface area contributed by atoms with Gasteiger partial charge in [0.25, 0.3) is 5.56 Å². The number of carbonyl (C=O) groups excluding carboxylic acids is 1. The Kier molecular flexibility index (Phi) is 4.87.